The normalized spacial score (nSPS) is 10.2. The monoisotopic (exact) mass is 240 g/mol. The topological polar surface area (TPSA) is 68.3 Å². The molecule has 6 heteroatoms. The zero-order valence-corrected chi connectivity index (χ0v) is 10.4. The van der Waals surface area contributed by atoms with Crippen LogP contribution < -0.4 is 10.6 Å². The molecule has 0 aromatic carbocycles. The van der Waals surface area contributed by atoms with Crippen molar-refractivity contribution in [1.82, 2.24) is 9.97 Å². The van der Waals surface area contributed by atoms with Crippen molar-refractivity contribution in [3.8, 4) is 0 Å². The van der Waals surface area contributed by atoms with Gasteiger partial charge in [-0.1, -0.05) is 0 Å². The smallest absolute Gasteiger partial charge is 0.224 e. The molecule has 0 bridgehead atoms. The molecule has 6 nitrogen and oxygen atoms in total. The number of methoxy groups -OCH3 is 1. The maximum atomic E-state index is 5.35. The molecular formula is C11H20N4O2. The average molecular weight is 240 g/mol. The molecule has 0 aliphatic carbocycles. The summed E-state index contributed by atoms with van der Waals surface area (Å²) in [6, 6.07) is 1.84. The van der Waals surface area contributed by atoms with Crippen LogP contribution in [0.5, 0.6) is 0 Å². The van der Waals surface area contributed by atoms with E-state index in [2.05, 4.69) is 20.6 Å². The van der Waals surface area contributed by atoms with Crippen molar-refractivity contribution in [1.29, 1.82) is 0 Å². The minimum Gasteiger partial charge on any atom is -0.382 e. The highest BCUT2D eigenvalue weighted by molar-refractivity contribution is 5.38. The van der Waals surface area contributed by atoms with Gasteiger partial charge in [0.15, 0.2) is 0 Å². The maximum Gasteiger partial charge on any atom is 0.224 e. The Morgan fingerprint density at radius 1 is 1.29 bits per heavy atom. The number of anilines is 2. The Bertz CT molecular complexity index is 309. The molecule has 0 aliphatic rings. The van der Waals surface area contributed by atoms with E-state index in [-0.39, 0.29) is 0 Å². The molecule has 0 unspecified atom stereocenters. The van der Waals surface area contributed by atoms with E-state index in [0.29, 0.717) is 19.2 Å². The molecule has 0 spiro atoms. The van der Waals surface area contributed by atoms with E-state index in [1.54, 1.807) is 20.4 Å². The summed E-state index contributed by atoms with van der Waals surface area (Å²) in [7, 11) is 3.46. The van der Waals surface area contributed by atoms with Crippen LogP contribution in [0.1, 0.15) is 6.42 Å². The summed E-state index contributed by atoms with van der Waals surface area (Å²) < 4.78 is 10.2. The quantitative estimate of drug-likeness (QED) is 0.627. The molecule has 0 radical (unpaired) electrons. The van der Waals surface area contributed by atoms with Crippen molar-refractivity contribution in [3.05, 3.63) is 12.3 Å². The highest BCUT2D eigenvalue weighted by atomic mass is 16.5. The van der Waals surface area contributed by atoms with Gasteiger partial charge in [-0.25, -0.2) is 4.98 Å². The standard InChI is InChI=1S/C11H20N4O2/c1-12-11-14-6-4-10(15-11)13-5-3-7-17-9-8-16-2/h4,6H,3,5,7-9H2,1-2H3,(H2,12,13,14,15). The molecule has 0 aliphatic heterocycles. The number of hydrogen-bond acceptors (Lipinski definition) is 6. The van der Waals surface area contributed by atoms with E-state index in [9.17, 15) is 0 Å². The average Bonchev–Trinajstić information content (AvgIpc) is 2.38. The van der Waals surface area contributed by atoms with Gasteiger partial charge in [0.25, 0.3) is 0 Å². The Morgan fingerprint density at radius 3 is 2.94 bits per heavy atom. The summed E-state index contributed by atoms with van der Waals surface area (Å²) in [4.78, 5) is 8.28. The number of aromatic nitrogens is 2. The predicted molar refractivity (Wildman–Crippen MR) is 67.4 cm³/mol. The van der Waals surface area contributed by atoms with Crippen molar-refractivity contribution >= 4 is 11.8 Å². The van der Waals surface area contributed by atoms with Crippen molar-refractivity contribution in [2.24, 2.45) is 0 Å². The lowest BCUT2D eigenvalue weighted by Gasteiger charge is -2.07. The van der Waals surface area contributed by atoms with E-state index in [4.69, 9.17) is 9.47 Å². The molecule has 1 rings (SSSR count). The summed E-state index contributed by atoms with van der Waals surface area (Å²) >= 11 is 0. The third kappa shape index (κ3) is 6.03. The third-order valence-corrected chi connectivity index (χ3v) is 2.08. The Hall–Kier alpha value is -1.40. The maximum absolute atomic E-state index is 5.35. The molecule has 2 N–H and O–H groups in total. The minimum atomic E-state index is 0.617. The van der Waals surface area contributed by atoms with E-state index in [0.717, 1.165) is 25.4 Å². The fraction of sp³-hybridized carbons (Fsp3) is 0.636. The molecule has 0 saturated heterocycles. The van der Waals surface area contributed by atoms with Gasteiger partial charge in [0.05, 0.1) is 13.2 Å². The zero-order valence-electron chi connectivity index (χ0n) is 10.4. The largest absolute Gasteiger partial charge is 0.382 e. The van der Waals surface area contributed by atoms with Gasteiger partial charge in [0.2, 0.25) is 5.95 Å². The minimum absolute atomic E-state index is 0.617. The molecular weight excluding hydrogens is 220 g/mol. The highest BCUT2D eigenvalue weighted by Crippen LogP contribution is 2.04. The highest BCUT2D eigenvalue weighted by Gasteiger charge is 1.96. The van der Waals surface area contributed by atoms with E-state index < -0.39 is 0 Å². The number of hydrogen-bond donors (Lipinski definition) is 2. The summed E-state index contributed by atoms with van der Waals surface area (Å²) in [6.07, 6.45) is 2.65. The molecule has 0 fully saturated rings. The summed E-state index contributed by atoms with van der Waals surface area (Å²) in [5.74, 6) is 1.44. The fourth-order valence-corrected chi connectivity index (χ4v) is 1.21. The lowest BCUT2D eigenvalue weighted by molar-refractivity contribution is 0.0705. The number of nitrogens with one attached hydrogen (secondary N) is 2. The second-order valence-corrected chi connectivity index (χ2v) is 3.40. The molecule has 0 saturated carbocycles. The van der Waals surface area contributed by atoms with Crippen LogP contribution in [0, 0.1) is 0 Å². The third-order valence-electron chi connectivity index (χ3n) is 2.08. The van der Waals surface area contributed by atoms with Crippen molar-refractivity contribution < 1.29 is 9.47 Å². The predicted octanol–water partition coefficient (Wildman–Crippen LogP) is 0.983. The van der Waals surface area contributed by atoms with Crippen LogP contribution in [0.25, 0.3) is 0 Å². The van der Waals surface area contributed by atoms with Gasteiger partial charge in [-0.15, -0.1) is 0 Å². The Balaban J connectivity index is 2.09. The van der Waals surface area contributed by atoms with Crippen LogP contribution in [-0.2, 0) is 9.47 Å². The van der Waals surface area contributed by atoms with Gasteiger partial charge in [0.1, 0.15) is 5.82 Å². The number of ether oxygens (including phenoxy) is 2. The van der Waals surface area contributed by atoms with Crippen molar-refractivity contribution in [3.63, 3.8) is 0 Å². The number of rotatable bonds is 9. The first-order valence-electron chi connectivity index (χ1n) is 5.68. The molecule has 17 heavy (non-hydrogen) atoms. The van der Waals surface area contributed by atoms with Gasteiger partial charge in [-0.05, 0) is 12.5 Å². The lowest BCUT2D eigenvalue weighted by atomic mass is 10.4. The van der Waals surface area contributed by atoms with Gasteiger partial charge in [0, 0.05) is 33.5 Å². The molecule has 0 amide bonds. The van der Waals surface area contributed by atoms with Gasteiger partial charge in [-0.2, -0.15) is 4.98 Å². The molecule has 96 valence electrons. The van der Waals surface area contributed by atoms with Crippen molar-refractivity contribution in [2.45, 2.75) is 6.42 Å². The lowest BCUT2D eigenvalue weighted by Crippen LogP contribution is -2.09. The Kier molecular flexibility index (Phi) is 7.01. The van der Waals surface area contributed by atoms with Crippen LogP contribution in [0.3, 0.4) is 0 Å². The SMILES string of the molecule is CNc1nccc(NCCCOCCOC)n1. The van der Waals surface area contributed by atoms with E-state index in [1.807, 2.05) is 6.07 Å². The zero-order chi connectivity index (χ0) is 12.3. The first-order chi connectivity index (χ1) is 8.36. The van der Waals surface area contributed by atoms with Gasteiger partial charge >= 0.3 is 0 Å². The molecule has 1 aromatic rings. The molecule has 1 heterocycles. The van der Waals surface area contributed by atoms with E-state index in [1.165, 1.54) is 0 Å². The summed E-state index contributed by atoms with van der Waals surface area (Å²) in [6.45, 7) is 2.84. The summed E-state index contributed by atoms with van der Waals surface area (Å²) in [5, 5.41) is 6.10. The second-order valence-electron chi connectivity index (χ2n) is 3.40. The van der Waals surface area contributed by atoms with Crippen LogP contribution >= 0.6 is 0 Å². The first kappa shape index (κ1) is 13.7. The van der Waals surface area contributed by atoms with Crippen LogP contribution in [0.4, 0.5) is 11.8 Å². The Morgan fingerprint density at radius 2 is 2.18 bits per heavy atom. The summed E-state index contributed by atoms with van der Waals surface area (Å²) in [5.41, 5.74) is 0. The van der Waals surface area contributed by atoms with Crippen molar-refractivity contribution in [2.75, 3.05) is 51.2 Å². The molecule has 0 atom stereocenters. The molecule has 1 aromatic heterocycles. The van der Waals surface area contributed by atoms with Crippen LogP contribution in [0.15, 0.2) is 12.3 Å². The Labute approximate surface area is 102 Å². The second kappa shape index (κ2) is 8.72. The fourth-order valence-electron chi connectivity index (χ4n) is 1.21. The number of nitrogens with zero attached hydrogens (tertiary/aromatic N) is 2. The van der Waals surface area contributed by atoms with Crippen LogP contribution in [-0.4, -0.2) is 50.5 Å². The van der Waals surface area contributed by atoms with Crippen LogP contribution in [0.2, 0.25) is 0 Å². The first-order valence-corrected chi connectivity index (χ1v) is 5.68. The van der Waals surface area contributed by atoms with Gasteiger partial charge in [-0.3, -0.25) is 0 Å². The van der Waals surface area contributed by atoms with E-state index >= 15 is 0 Å². The van der Waals surface area contributed by atoms with Gasteiger partial charge < -0.3 is 20.1 Å².